The monoisotopic (exact) mass is 100 g/mol. The topological polar surface area (TPSA) is 0 Å². The summed E-state index contributed by atoms with van der Waals surface area (Å²) >= 11 is 0. The maximum Gasteiger partial charge on any atom is 0.149 e. The van der Waals surface area contributed by atoms with Crippen molar-refractivity contribution in [1.29, 1.82) is 0 Å². The Morgan fingerprint density at radius 2 is 1.88 bits per heavy atom. The maximum atomic E-state index is 5.10. The van der Waals surface area contributed by atoms with E-state index in [2.05, 4.69) is 11.8 Å². The van der Waals surface area contributed by atoms with E-state index < -0.39 is 0 Å². The van der Waals surface area contributed by atoms with Gasteiger partial charge in [-0.15, -0.1) is 6.58 Å². The number of terminal acetylenes is 2. The molecule has 0 fully saturated rings. The van der Waals surface area contributed by atoms with Crippen molar-refractivity contribution >= 4 is 0 Å². The fourth-order valence-electron chi connectivity index (χ4n) is 0.156. The molecule has 0 heteroatoms. The molecule has 0 bridgehead atoms. The second-order valence-electron chi connectivity index (χ2n) is 1.12. The summed E-state index contributed by atoms with van der Waals surface area (Å²) in [7, 11) is 0. The van der Waals surface area contributed by atoms with Crippen molar-refractivity contribution in [1.82, 2.24) is 0 Å². The van der Waals surface area contributed by atoms with E-state index in [9.17, 15) is 0 Å². The normalized spacial score (nSPS) is 6.12. The van der Waals surface area contributed by atoms with Gasteiger partial charge < -0.3 is 0 Å². The van der Waals surface area contributed by atoms with E-state index in [-0.39, 0.29) is 11.1 Å². The lowest BCUT2D eigenvalue weighted by Gasteiger charge is -1.86. The van der Waals surface area contributed by atoms with Gasteiger partial charge in [-0.1, -0.05) is 6.58 Å². The minimum absolute atomic E-state index is 0.118. The summed E-state index contributed by atoms with van der Waals surface area (Å²) in [4.78, 5) is 0. The predicted octanol–water partition coefficient (Wildman–Crippen LogP) is 0.972. The van der Waals surface area contributed by atoms with Gasteiger partial charge in [0.15, 0.2) is 0 Å². The van der Waals surface area contributed by atoms with Crippen molar-refractivity contribution < 1.29 is 0 Å². The van der Waals surface area contributed by atoms with Crippen LogP contribution in [0.1, 0.15) is 0 Å². The Balaban J connectivity index is 4.16. The average molecular weight is 100 g/mol. The lowest BCUT2D eigenvalue weighted by molar-refractivity contribution is 1.70. The number of hydrogen-bond donors (Lipinski definition) is 0. The van der Waals surface area contributed by atoms with Gasteiger partial charge in [-0.05, 0) is 12.0 Å². The van der Waals surface area contributed by atoms with Gasteiger partial charge in [-0.2, -0.15) is 12.3 Å². The smallest absolute Gasteiger partial charge is 0.149 e. The van der Waals surface area contributed by atoms with Gasteiger partial charge >= 0.3 is 0 Å². The third-order valence-corrected chi connectivity index (χ3v) is 0.601. The van der Waals surface area contributed by atoms with Crippen LogP contribution in [0.5, 0.6) is 0 Å². The van der Waals surface area contributed by atoms with Crippen LogP contribution < -0.4 is 0 Å². The first-order chi connectivity index (χ1) is 3.72. The van der Waals surface area contributed by atoms with E-state index in [1.54, 1.807) is 0 Å². The lowest BCUT2D eigenvalue weighted by Crippen LogP contribution is -1.75. The summed E-state index contributed by atoms with van der Waals surface area (Å²) < 4.78 is 0. The summed E-state index contributed by atoms with van der Waals surface area (Å²) in [5.41, 5.74) is 0.236. The first kappa shape index (κ1) is 6.51. The van der Waals surface area contributed by atoms with Crippen LogP contribution in [0, 0.1) is 37.8 Å². The Bertz CT molecular complexity index is 169. The van der Waals surface area contributed by atoms with Crippen LogP contribution in [0.15, 0.2) is 11.1 Å². The highest BCUT2D eigenvalue weighted by Crippen LogP contribution is 1.98. The van der Waals surface area contributed by atoms with Crippen molar-refractivity contribution in [3.63, 3.8) is 0 Å². The average Bonchev–Trinajstić information content (AvgIpc) is 1.84. The van der Waals surface area contributed by atoms with Gasteiger partial charge in [0, 0.05) is 5.92 Å². The molecule has 8 heavy (non-hydrogen) atoms. The summed E-state index contributed by atoms with van der Waals surface area (Å²) in [5.74, 6) is 4.21. The first-order valence-electron chi connectivity index (χ1n) is 1.90. The van der Waals surface area contributed by atoms with Gasteiger partial charge in [0.1, 0.15) is 5.57 Å². The minimum atomic E-state index is 0.118. The van der Waals surface area contributed by atoms with E-state index in [4.69, 9.17) is 26.0 Å². The molecule has 0 aliphatic rings. The number of rotatable bonds is 1. The Morgan fingerprint density at radius 3 is 2.00 bits per heavy atom. The van der Waals surface area contributed by atoms with E-state index in [1.807, 2.05) is 0 Å². The molecule has 0 unspecified atom stereocenters. The zero-order valence-electron chi connectivity index (χ0n) is 4.31. The van der Waals surface area contributed by atoms with E-state index in [1.165, 1.54) is 0 Å². The Kier molecular flexibility index (Phi) is 2.15. The lowest BCUT2D eigenvalue weighted by atomic mass is 10.1. The van der Waals surface area contributed by atoms with Crippen molar-refractivity contribution in [2.45, 2.75) is 0 Å². The van der Waals surface area contributed by atoms with Gasteiger partial charge in [0.25, 0.3) is 0 Å². The molecule has 0 saturated heterocycles. The van der Waals surface area contributed by atoms with Crippen LogP contribution in [0.3, 0.4) is 0 Å². The molecule has 0 radical (unpaired) electrons. The molecule has 36 valence electrons. The predicted molar refractivity (Wildman–Crippen MR) is 33.3 cm³/mol. The van der Waals surface area contributed by atoms with Gasteiger partial charge in [-0.3, -0.25) is 0 Å². The maximum absolute atomic E-state index is 5.10. The van der Waals surface area contributed by atoms with Crippen molar-refractivity contribution in [2.75, 3.05) is 0 Å². The first-order valence-corrected chi connectivity index (χ1v) is 1.90. The zero-order valence-corrected chi connectivity index (χ0v) is 4.31. The zero-order chi connectivity index (χ0) is 6.57. The summed E-state index contributed by atoms with van der Waals surface area (Å²) in [5, 5.41) is 0. The molecule has 0 N–H and O–H groups in total. The third-order valence-electron chi connectivity index (χ3n) is 0.601. The molecule has 0 aliphatic carbocycles. The molecule has 0 spiro atoms. The Labute approximate surface area is 49.9 Å². The number of allylic oxidation sites excluding steroid dienone is 2. The highest BCUT2D eigenvalue weighted by molar-refractivity contribution is 5.47. The standard InChI is InChI=1S/C8H4/c1-5-7(3)8(4)6-2/h1-4H. The van der Waals surface area contributed by atoms with Crippen LogP contribution in [0.2, 0.25) is 0 Å². The van der Waals surface area contributed by atoms with Crippen molar-refractivity contribution in [3.05, 3.63) is 24.3 Å². The molecule has 0 aromatic rings. The van der Waals surface area contributed by atoms with Crippen LogP contribution in [0.25, 0.3) is 0 Å². The minimum Gasteiger partial charge on any atom is -0.181 e. The Morgan fingerprint density at radius 1 is 1.38 bits per heavy atom. The van der Waals surface area contributed by atoms with Gasteiger partial charge in [0.2, 0.25) is 0 Å². The fourth-order valence-corrected chi connectivity index (χ4v) is 0.156. The highest BCUT2D eigenvalue weighted by atomic mass is 13.9. The molecule has 0 aliphatic heterocycles. The molecule has 0 amide bonds. The van der Waals surface area contributed by atoms with Crippen LogP contribution in [-0.2, 0) is 0 Å². The van der Waals surface area contributed by atoms with Crippen molar-refractivity contribution in [3.8, 4) is 24.7 Å². The van der Waals surface area contributed by atoms with E-state index in [0.29, 0.717) is 0 Å². The summed E-state index contributed by atoms with van der Waals surface area (Å²) in [6, 6.07) is 0. The molecular weight excluding hydrogens is 96.1 g/mol. The molecule has 0 aromatic heterocycles. The van der Waals surface area contributed by atoms with Crippen LogP contribution >= 0.6 is 0 Å². The number of hydrogen-bond acceptors (Lipinski definition) is 0. The van der Waals surface area contributed by atoms with E-state index in [0.717, 1.165) is 0 Å². The summed E-state index contributed by atoms with van der Waals surface area (Å²) in [6.45, 7) is 10.2. The SMILES string of the molecule is C#CC(=[CH+])C(=[CH-])C#C. The molecule has 0 saturated carbocycles. The second kappa shape index (κ2) is 2.64. The molecule has 0 atom stereocenters. The third kappa shape index (κ3) is 1.31. The van der Waals surface area contributed by atoms with Gasteiger partial charge in [-0.25, -0.2) is 0 Å². The Hall–Kier alpha value is -1.49. The second-order valence-corrected chi connectivity index (χ2v) is 1.12. The molecule has 0 nitrogen and oxygen atoms in total. The molecular formula is C8H4. The molecule has 0 heterocycles. The van der Waals surface area contributed by atoms with Crippen LogP contribution in [-0.4, -0.2) is 0 Å². The molecule has 0 aromatic carbocycles. The van der Waals surface area contributed by atoms with Crippen LogP contribution in [0.4, 0.5) is 0 Å². The molecule has 0 rings (SSSR count). The summed E-state index contributed by atoms with van der Waals surface area (Å²) in [6.07, 6.45) is 9.68. The highest BCUT2D eigenvalue weighted by Gasteiger charge is 1.89. The van der Waals surface area contributed by atoms with Crippen molar-refractivity contribution in [2.24, 2.45) is 0 Å². The largest absolute Gasteiger partial charge is 0.181 e. The fraction of sp³-hybridized carbons (Fsp3) is 0. The van der Waals surface area contributed by atoms with Gasteiger partial charge in [0.05, 0.1) is 0 Å². The quantitative estimate of drug-likeness (QED) is 0.261. The van der Waals surface area contributed by atoms with E-state index >= 15 is 0 Å².